The summed E-state index contributed by atoms with van der Waals surface area (Å²) in [6.45, 7) is 8.18. The van der Waals surface area contributed by atoms with Crippen LogP contribution in [0.25, 0.3) is 0 Å². The maximum atomic E-state index is 6.15. The molecule has 0 fully saturated rings. The molecule has 0 heterocycles. The molecule has 0 amide bonds. The van der Waals surface area contributed by atoms with Crippen molar-refractivity contribution in [3.8, 4) is 0 Å². The van der Waals surface area contributed by atoms with Crippen molar-refractivity contribution in [3.05, 3.63) is 58.7 Å². The molecule has 2 unspecified atom stereocenters. The zero-order chi connectivity index (χ0) is 13.6. The number of rotatable bonds is 0. The first-order valence-corrected chi connectivity index (χ1v) is 6.30. The zero-order valence-corrected chi connectivity index (χ0v) is 11.6. The Morgan fingerprint density at radius 3 is 1.39 bits per heavy atom. The fraction of sp³-hybridized carbons (Fsp3) is 0.375. The van der Waals surface area contributed by atoms with E-state index in [0.717, 1.165) is 0 Å². The molecule has 0 bridgehead atoms. The van der Waals surface area contributed by atoms with Gasteiger partial charge in [-0.2, -0.15) is 0 Å². The number of nitrogens with two attached hydrogens (primary N) is 2. The van der Waals surface area contributed by atoms with Crippen molar-refractivity contribution < 1.29 is 0 Å². The Balaban J connectivity index is 2.43. The summed E-state index contributed by atoms with van der Waals surface area (Å²) in [4.78, 5) is 0. The predicted octanol–water partition coefficient (Wildman–Crippen LogP) is 2.75. The number of allylic oxidation sites excluding steroid dienone is 6. The Morgan fingerprint density at radius 1 is 0.778 bits per heavy atom. The van der Waals surface area contributed by atoms with Crippen LogP contribution >= 0.6 is 0 Å². The second-order valence-corrected chi connectivity index (χ2v) is 5.80. The summed E-state index contributed by atoms with van der Waals surface area (Å²) in [6, 6.07) is 0. The topological polar surface area (TPSA) is 52.0 Å². The molecule has 0 aromatic heterocycles. The van der Waals surface area contributed by atoms with Gasteiger partial charge in [-0.25, -0.2) is 0 Å². The molecule has 96 valence electrons. The molecule has 2 nitrogen and oxygen atoms in total. The fourth-order valence-electron chi connectivity index (χ4n) is 2.02. The largest absolute Gasteiger partial charge is 0.319 e. The highest BCUT2D eigenvalue weighted by Crippen LogP contribution is 2.29. The molecule has 2 aliphatic rings. The molecular formula is C16H22N2. The van der Waals surface area contributed by atoms with Gasteiger partial charge in [0, 0.05) is 0 Å². The zero-order valence-electron chi connectivity index (χ0n) is 11.6. The van der Waals surface area contributed by atoms with Gasteiger partial charge in [-0.15, -0.1) is 0 Å². The molecule has 0 radical (unpaired) electrons. The van der Waals surface area contributed by atoms with Crippen LogP contribution in [0.3, 0.4) is 0 Å². The van der Waals surface area contributed by atoms with Gasteiger partial charge in [-0.3, -0.25) is 0 Å². The predicted molar refractivity (Wildman–Crippen MR) is 78.0 cm³/mol. The highest BCUT2D eigenvalue weighted by molar-refractivity contribution is 5.56. The molecule has 2 rings (SSSR count). The lowest BCUT2D eigenvalue weighted by Crippen LogP contribution is -2.37. The SMILES string of the molecule is CC1=CC(=C2C=CC(C)(N)C(C)=C2)C=CC1(C)N. The highest BCUT2D eigenvalue weighted by atomic mass is 14.7. The van der Waals surface area contributed by atoms with E-state index in [-0.39, 0.29) is 11.1 Å². The Hall–Kier alpha value is -1.38. The van der Waals surface area contributed by atoms with E-state index in [9.17, 15) is 0 Å². The van der Waals surface area contributed by atoms with Gasteiger partial charge in [-0.1, -0.05) is 36.5 Å². The van der Waals surface area contributed by atoms with Crippen LogP contribution in [0.2, 0.25) is 0 Å². The van der Waals surface area contributed by atoms with E-state index < -0.39 is 0 Å². The van der Waals surface area contributed by atoms with E-state index >= 15 is 0 Å². The molecule has 0 spiro atoms. The molecule has 0 saturated carbocycles. The van der Waals surface area contributed by atoms with E-state index in [0.29, 0.717) is 0 Å². The monoisotopic (exact) mass is 242 g/mol. The van der Waals surface area contributed by atoms with Gasteiger partial charge < -0.3 is 11.5 Å². The number of hydrogen-bond donors (Lipinski definition) is 2. The van der Waals surface area contributed by atoms with Crippen molar-refractivity contribution in [2.45, 2.75) is 38.8 Å². The summed E-state index contributed by atoms with van der Waals surface area (Å²) < 4.78 is 0. The van der Waals surface area contributed by atoms with Gasteiger partial charge in [0.05, 0.1) is 11.1 Å². The quantitative estimate of drug-likeness (QED) is 0.686. The van der Waals surface area contributed by atoms with Crippen molar-refractivity contribution in [2.24, 2.45) is 11.5 Å². The maximum absolute atomic E-state index is 6.15. The van der Waals surface area contributed by atoms with Crippen LogP contribution in [0.5, 0.6) is 0 Å². The van der Waals surface area contributed by atoms with E-state index in [1.165, 1.54) is 22.3 Å². The molecule has 18 heavy (non-hydrogen) atoms. The first-order valence-electron chi connectivity index (χ1n) is 6.30. The van der Waals surface area contributed by atoms with Gasteiger partial charge in [0.1, 0.15) is 0 Å². The minimum atomic E-state index is -0.330. The van der Waals surface area contributed by atoms with Crippen LogP contribution in [-0.2, 0) is 0 Å². The third-order valence-corrected chi connectivity index (χ3v) is 3.99. The van der Waals surface area contributed by atoms with E-state index in [1.807, 2.05) is 13.8 Å². The van der Waals surface area contributed by atoms with Crippen molar-refractivity contribution in [1.82, 2.24) is 0 Å². The van der Waals surface area contributed by atoms with E-state index in [2.05, 4.69) is 50.3 Å². The first-order chi connectivity index (χ1) is 8.22. The van der Waals surface area contributed by atoms with Crippen LogP contribution in [0, 0.1) is 0 Å². The van der Waals surface area contributed by atoms with Gasteiger partial charge in [0.2, 0.25) is 0 Å². The molecule has 0 aromatic carbocycles. The Bertz CT molecular complexity index is 475. The van der Waals surface area contributed by atoms with Crippen LogP contribution in [0.1, 0.15) is 27.7 Å². The van der Waals surface area contributed by atoms with Crippen LogP contribution in [0.15, 0.2) is 58.7 Å². The third kappa shape index (κ3) is 2.26. The summed E-state index contributed by atoms with van der Waals surface area (Å²) in [5, 5.41) is 0. The molecule has 0 saturated heterocycles. The molecule has 2 heteroatoms. The third-order valence-electron chi connectivity index (χ3n) is 3.99. The smallest absolute Gasteiger partial charge is 0.0529 e. The summed E-state index contributed by atoms with van der Waals surface area (Å²) in [6.07, 6.45) is 12.6. The highest BCUT2D eigenvalue weighted by Gasteiger charge is 2.23. The minimum Gasteiger partial charge on any atom is -0.319 e. The number of hydrogen-bond acceptors (Lipinski definition) is 2. The normalized spacial score (nSPS) is 39.7. The van der Waals surface area contributed by atoms with Crippen molar-refractivity contribution in [3.63, 3.8) is 0 Å². The summed E-state index contributed by atoms with van der Waals surface area (Å²) in [5.41, 5.74) is 16.4. The second-order valence-electron chi connectivity index (χ2n) is 5.80. The standard InChI is InChI=1S/C16H22N2/c1-11-9-13(5-7-15(11,3)17)14-6-8-16(4,18)12(2)10-14/h5-10H,17-18H2,1-4H3. The fourth-order valence-corrected chi connectivity index (χ4v) is 2.02. The average molecular weight is 242 g/mol. The van der Waals surface area contributed by atoms with Crippen LogP contribution in [0.4, 0.5) is 0 Å². The lowest BCUT2D eigenvalue weighted by molar-refractivity contribution is 0.675. The molecular weight excluding hydrogens is 220 g/mol. The molecule has 2 aliphatic carbocycles. The van der Waals surface area contributed by atoms with Crippen molar-refractivity contribution in [1.29, 1.82) is 0 Å². The van der Waals surface area contributed by atoms with Gasteiger partial charge in [0.15, 0.2) is 0 Å². The molecule has 0 aliphatic heterocycles. The average Bonchev–Trinajstić information content (AvgIpc) is 2.26. The first kappa shape index (κ1) is 13.1. The summed E-state index contributed by atoms with van der Waals surface area (Å²) >= 11 is 0. The van der Waals surface area contributed by atoms with Crippen molar-refractivity contribution in [2.75, 3.05) is 0 Å². The lowest BCUT2D eigenvalue weighted by atomic mass is 9.82. The lowest BCUT2D eigenvalue weighted by Gasteiger charge is -2.28. The Kier molecular flexibility index (Phi) is 2.96. The minimum absolute atomic E-state index is 0.330. The second kappa shape index (κ2) is 4.08. The van der Waals surface area contributed by atoms with Gasteiger partial charge in [0.25, 0.3) is 0 Å². The van der Waals surface area contributed by atoms with Crippen molar-refractivity contribution >= 4 is 0 Å². The van der Waals surface area contributed by atoms with Crippen LogP contribution < -0.4 is 11.5 Å². The van der Waals surface area contributed by atoms with Gasteiger partial charge in [-0.05, 0) is 50.0 Å². The molecule has 0 aromatic rings. The summed E-state index contributed by atoms with van der Waals surface area (Å²) in [7, 11) is 0. The Labute approximate surface area is 109 Å². The molecule has 4 N–H and O–H groups in total. The van der Waals surface area contributed by atoms with Crippen LogP contribution in [-0.4, -0.2) is 11.1 Å². The van der Waals surface area contributed by atoms with E-state index in [1.54, 1.807) is 0 Å². The molecule has 2 atom stereocenters. The Morgan fingerprint density at radius 2 is 1.11 bits per heavy atom. The van der Waals surface area contributed by atoms with E-state index in [4.69, 9.17) is 11.5 Å². The maximum Gasteiger partial charge on any atom is 0.0529 e. The van der Waals surface area contributed by atoms with Gasteiger partial charge >= 0.3 is 0 Å². The summed E-state index contributed by atoms with van der Waals surface area (Å²) in [5.74, 6) is 0.